The summed E-state index contributed by atoms with van der Waals surface area (Å²) in [5.74, 6) is -1.22. The van der Waals surface area contributed by atoms with Crippen LogP contribution in [0.4, 0.5) is 0 Å². The number of carbonyl (C=O) groups is 1. The topological polar surface area (TPSA) is 83.5 Å². The third kappa shape index (κ3) is 4.80. The zero-order valence-corrected chi connectivity index (χ0v) is 10.0. The highest BCUT2D eigenvalue weighted by Gasteiger charge is 2.16. The molecule has 0 aliphatic rings. The lowest BCUT2D eigenvalue weighted by Gasteiger charge is -2.06. The molecule has 0 saturated heterocycles. The van der Waals surface area contributed by atoms with Crippen molar-refractivity contribution in [1.29, 1.82) is 0 Å². The highest BCUT2D eigenvalue weighted by atomic mass is 32.2. The molecule has 0 aliphatic heterocycles. The van der Waals surface area contributed by atoms with Gasteiger partial charge in [-0.3, -0.25) is 4.79 Å². The summed E-state index contributed by atoms with van der Waals surface area (Å²) >= 11 is 0. The summed E-state index contributed by atoms with van der Waals surface area (Å²) in [7, 11) is -3.74. The van der Waals surface area contributed by atoms with Gasteiger partial charge in [-0.25, -0.2) is 8.42 Å². The lowest BCUT2D eigenvalue weighted by Crippen LogP contribution is -2.37. The van der Waals surface area contributed by atoms with Crippen molar-refractivity contribution in [2.24, 2.45) is 0 Å². The van der Waals surface area contributed by atoms with E-state index in [2.05, 4.69) is 0 Å². The average molecular weight is 255 g/mol. The molecule has 92 valence electrons. The van der Waals surface area contributed by atoms with Gasteiger partial charge in [0.25, 0.3) is 0 Å². The summed E-state index contributed by atoms with van der Waals surface area (Å²) in [6.45, 7) is 1.26. The smallest absolute Gasteiger partial charge is 0.321 e. The molecule has 2 N–H and O–H groups in total. The van der Waals surface area contributed by atoms with E-state index in [-0.39, 0.29) is 0 Å². The fourth-order valence-electron chi connectivity index (χ4n) is 1.07. The normalized spacial score (nSPS) is 13.7. The van der Waals surface area contributed by atoms with E-state index in [1.54, 1.807) is 24.3 Å². The molecule has 0 aliphatic carbocycles. The van der Waals surface area contributed by atoms with Crippen LogP contribution >= 0.6 is 0 Å². The second-order valence-electron chi connectivity index (χ2n) is 3.44. The van der Waals surface area contributed by atoms with Gasteiger partial charge in [0.15, 0.2) is 0 Å². The van der Waals surface area contributed by atoms with Crippen molar-refractivity contribution in [2.75, 3.05) is 0 Å². The van der Waals surface area contributed by atoms with Gasteiger partial charge in [0.1, 0.15) is 6.04 Å². The number of hydrogen-bond acceptors (Lipinski definition) is 3. The van der Waals surface area contributed by atoms with Gasteiger partial charge in [-0.05, 0) is 18.6 Å². The number of nitrogens with one attached hydrogen (secondary N) is 1. The Kier molecular flexibility index (Phi) is 4.42. The maximum Gasteiger partial charge on any atom is 0.321 e. The van der Waals surface area contributed by atoms with Crippen molar-refractivity contribution >= 4 is 22.1 Å². The van der Waals surface area contributed by atoms with E-state index in [1.807, 2.05) is 10.8 Å². The van der Waals surface area contributed by atoms with E-state index in [0.717, 1.165) is 11.0 Å². The Morgan fingerprint density at radius 3 is 2.47 bits per heavy atom. The Labute approximate surface area is 99.8 Å². The quantitative estimate of drug-likeness (QED) is 0.823. The van der Waals surface area contributed by atoms with Crippen LogP contribution < -0.4 is 4.72 Å². The van der Waals surface area contributed by atoms with E-state index >= 15 is 0 Å². The fourth-order valence-corrected chi connectivity index (χ4v) is 2.08. The highest BCUT2D eigenvalue weighted by Crippen LogP contribution is 2.03. The van der Waals surface area contributed by atoms with E-state index in [4.69, 9.17) is 5.11 Å². The molecular formula is C11H13NO4S. The number of carboxylic acids is 1. The zero-order chi connectivity index (χ0) is 12.9. The molecule has 6 heteroatoms. The molecule has 1 atom stereocenters. The molecular weight excluding hydrogens is 242 g/mol. The van der Waals surface area contributed by atoms with Crippen LogP contribution in [0, 0.1) is 0 Å². The minimum absolute atomic E-state index is 0.723. The average Bonchev–Trinajstić information content (AvgIpc) is 2.27. The van der Waals surface area contributed by atoms with E-state index < -0.39 is 22.0 Å². The molecule has 0 fully saturated rings. The minimum atomic E-state index is -3.74. The molecule has 1 aromatic carbocycles. The molecule has 0 amide bonds. The standard InChI is InChI=1S/C11H13NO4S/c1-9(11(13)14)12-17(15,16)8-7-10-5-3-2-4-6-10/h2-9,12H,1H3,(H,13,14). The molecule has 0 bridgehead atoms. The molecule has 0 aromatic heterocycles. The van der Waals surface area contributed by atoms with Crippen molar-refractivity contribution < 1.29 is 18.3 Å². The molecule has 5 nitrogen and oxygen atoms in total. The SMILES string of the molecule is CC(NS(=O)(=O)C=Cc1ccccc1)C(=O)O. The largest absolute Gasteiger partial charge is 0.480 e. The van der Waals surface area contributed by atoms with Crippen molar-refractivity contribution in [3.63, 3.8) is 0 Å². The summed E-state index contributed by atoms with van der Waals surface area (Å²) in [6.07, 6.45) is 1.40. The van der Waals surface area contributed by atoms with Crippen molar-refractivity contribution in [3.05, 3.63) is 41.3 Å². The molecule has 0 spiro atoms. The van der Waals surface area contributed by atoms with E-state index in [0.29, 0.717) is 0 Å². The van der Waals surface area contributed by atoms with Gasteiger partial charge in [0, 0.05) is 5.41 Å². The van der Waals surface area contributed by atoms with Gasteiger partial charge in [-0.15, -0.1) is 0 Å². The molecule has 1 unspecified atom stereocenters. The molecule has 0 heterocycles. The van der Waals surface area contributed by atoms with Gasteiger partial charge in [0.2, 0.25) is 10.0 Å². The first-order chi connectivity index (χ1) is 7.91. The number of hydrogen-bond donors (Lipinski definition) is 2. The second-order valence-corrected chi connectivity index (χ2v) is 5.03. The van der Waals surface area contributed by atoms with E-state index in [1.165, 1.54) is 13.0 Å². The first kappa shape index (κ1) is 13.4. The van der Waals surface area contributed by atoms with Gasteiger partial charge in [0.05, 0.1) is 0 Å². The van der Waals surface area contributed by atoms with Gasteiger partial charge < -0.3 is 5.11 Å². The Morgan fingerprint density at radius 2 is 1.94 bits per heavy atom. The second kappa shape index (κ2) is 5.60. The van der Waals surface area contributed by atoms with Crippen molar-refractivity contribution in [1.82, 2.24) is 4.72 Å². The van der Waals surface area contributed by atoms with Crippen LogP contribution in [0.5, 0.6) is 0 Å². The van der Waals surface area contributed by atoms with Crippen molar-refractivity contribution in [3.8, 4) is 0 Å². The third-order valence-corrected chi connectivity index (χ3v) is 3.13. The van der Waals surface area contributed by atoms with Crippen LogP contribution in [0.2, 0.25) is 0 Å². The van der Waals surface area contributed by atoms with Gasteiger partial charge in [-0.1, -0.05) is 30.3 Å². The van der Waals surface area contributed by atoms with E-state index in [9.17, 15) is 13.2 Å². The van der Waals surface area contributed by atoms with Crippen LogP contribution in [-0.2, 0) is 14.8 Å². The zero-order valence-electron chi connectivity index (χ0n) is 9.20. The predicted molar refractivity (Wildman–Crippen MR) is 64.6 cm³/mol. The minimum Gasteiger partial charge on any atom is -0.480 e. The maximum atomic E-state index is 11.5. The molecule has 1 aromatic rings. The third-order valence-electron chi connectivity index (χ3n) is 1.95. The lowest BCUT2D eigenvalue weighted by atomic mass is 10.2. The summed E-state index contributed by atoms with van der Waals surface area (Å²) in [4.78, 5) is 10.5. The summed E-state index contributed by atoms with van der Waals surface area (Å²) in [6, 6.07) is 7.70. The Morgan fingerprint density at radius 1 is 1.35 bits per heavy atom. The molecule has 0 saturated carbocycles. The maximum absolute atomic E-state index is 11.5. The van der Waals surface area contributed by atoms with Crippen molar-refractivity contribution in [2.45, 2.75) is 13.0 Å². The number of rotatable bonds is 5. The van der Waals surface area contributed by atoms with Crippen LogP contribution in [0.25, 0.3) is 6.08 Å². The van der Waals surface area contributed by atoms with Crippen LogP contribution in [-0.4, -0.2) is 25.5 Å². The summed E-state index contributed by atoms with van der Waals surface area (Å²) in [5.41, 5.74) is 0.723. The summed E-state index contributed by atoms with van der Waals surface area (Å²) in [5, 5.41) is 9.53. The highest BCUT2D eigenvalue weighted by molar-refractivity contribution is 7.92. The van der Waals surface area contributed by atoms with Gasteiger partial charge in [-0.2, -0.15) is 4.72 Å². The first-order valence-corrected chi connectivity index (χ1v) is 6.43. The monoisotopic (exact) mass is 255 g/mol. The van der Waals surface area contributed by atoms with Crippen LogP contribution in [0.1, 0.15) is 12.5 Å². The number of benzene rings is 1. The summed E-state index contributed by atoms with van der Waals surface area (Å²) < 4.78 is 24.9. The molecule has 17 heavy (non-hydrogen) atoms. The Bertz CT molecular complexity index is 508. The number of carboxylic acid groups (broad SMARTS) is 1. The van der Waals surface area contributed by atoms with Gasteiger partial charge >= 0.3 is 5.97 Å². The Balaban J connectivity index is 2.74. The van der Waals surface area contributed by atoms with Crippen LogP contribution in [0.15, 0.2) is 35.7 Å². The predicted octanol–water partition coefficient (Wildman–Crippen LogP) is 1.05. The molecule has 1 rings (SSSR count). The lowest BCUT2D eigenvalue weighted by molar-refractivity contribution is -0.138. The van der Waals surface area contributed by atoms with Crippen LogP contribution in [0.3, 0.4) is 0 Å². The fraction of sp³-hybridized carbons (Fsp3) is 0.182. The number of aliphatic carboxylic acids is 1. The Hall–Kier alpha value is -1.66. The molecule has 0 radical (unpaired) electrons. The number of sulfonamides is 1. The first-order valence-electron chi connectivity index (χ1n) is 4.89.